The number of rotatable bonds is 9. The molecule has 27 heteroatoms. The number of hydrogen-bond donors (Lipinski definition) is 3. The maximum Gasteiger partial charge on any atom is 0.416 e. The van der Waals surface area contributed by atoms with Crippen molar-refractivity contribution in [2.24, 2.45) is 0 Å². The number of nitrogens with two attached hydrogens (primary N) is 1. The quantitative estimate of drug-likeness (QED) is 0.115. The highest BCUT2D eigenvalue weighted by molar-refractivity contribution is 6.34. The van der Waals surface area contributed by atoms with E-state index in [1.807, 2.05) is 27.7 Å². The fourth-order valence-electron chi connectivity index (χ4n) is 10.2. The number of carbonyl (C=O) groups excluding carboxylic acids is 1. The summed E-state index contributed by atoms with van der Waals surface area (Å²) in [6.07, 6.45) is 0.250. The standard InChI is InChI=1S/C28H28ClF3N6O4.C17H15ClF3N3.C10H15N3O3.CH4/c1-27(2)41-15-19(42-27)14-40-23-12-33-11-22(34-23)35-26(39)38-18-7-4-8-37(13-18)21-10-20(29)24(36-25(21)38)16-5-3-6-17(9-16)28(30,31)32;18-13-8-14-16(22-12-5-2-6-24(14)9-12)23-15(13)10-3-1-4-11(7-10)17(19,20)21;1-10(2)15-6-7(16-10)5-14-9-4-12-3-8(11)13-9;/h3,5-6,9-12,18-19H,4,7-8,13-15H2,1-2H3,(H,34,35,39);1,3-4,7-8,12H,2,5-6,9H2,(H,22,23);3-4,7H,5-6H2,1-2H3,(H2,11,13);1H4/t18-,19-;12-;7-;/m000./s1. The third-order valence-electron chi connectivity index (χ3n) is 13.9. The van der Waals surface area contributed by atoms with Crippen molar-refractivity contribution in [2.45, 2.75) is 109 Å². The van der Waals surface area contributed by atoms with E-state index in [0.717, 1.165) is 75.3 Å². The van der Waals surface area contributed by atoms with E-state index >= 15 is 0 Å². The van der Waals surface area contributed by atoms with Crippen molar-refractivity contribution < 1.29 is 59.6 Å². The molecule has 0 saturated carbocycles. The number of halogens is 8. The zero-order chi connectivity index (χ0) is 58.1. The SMILES string of the molecule is C.CC1(C)OC[C@H](COc2cncc(N)n2)O1.CC1(C)OC[C@H](COc2cncc(NC(=O)N3c4nc(-c5cccc(C(F)(F)F)c5)c(Cl)cc4N4CCC[C@H]3C4)n2)O1.FC(F)(F)c1cccc(-c2nc3c(cc2Cl)N2CCC[C@@H](C2)N3)c1. The molecule has 444 valence electrons. The molecule has 2 aromatic carbocycles. The number of alkyl halides is 6. The number of nitrogen functional groups attached to an aromatic ring is 1. The molecule has 6 aliphatic rings. The number of hydrogen-bond acceptors (Lipinski definition) is 17. The minimum Gasteiger partial charge on any atom is -0.474 e. The lowest BCUT2D eigenvalue weighted by atomic mass is 9.99. The predicted molar refractivity (Wildman–Crippen MR) is 301 cm³/mol. The minimum atomic E-state index is -4.53. The second-order valence-corrected chi connectivity index (χ2v) is 21.8. The fraction of sp³-hybridized carbons (Fsp3) is 0.446. The van der Waals surface area contributed by atoms with Gasteiger partial charge in [-0.3, -0.25) is 20.2 Å². The molecule has 19 nitrogen and oxygen atoms in total. The molecule has 0 spiro atoms. The van der Waals surface area contributed by atoms with E-state index in [2.05, 4.69) is 50.3 Å². The Balaban J connectivity index is 0.000000169. The Kier molecular flexibility index (Phi) is 18.0. The van der Waals surface area contributed by atoms with E-state index in [9.17, 15) is 31.1 Å². The highest BCUT2D eigenvalue weighted by atomic mass is 35.5. The summed E-state index contributed by atoms with van der Waals surface area (Å²) in [6.45, 7) is 12.0. The summed E-state index contributed by atoms with van der Waals surface area (Å²) in [4.78, 5) is 45.1. The Bertz CT molecular complexity index is 3290. The van der Waals surface area contributed by atoms with Crippen LogP contribution in [0.15, 0.2) is 85.5 Å². The molecule has 0 radical (unpaired) electrons. The van der Waals surface area contributed by atoms with Crippen LogP contribution in [0.2, 0.25) is 10.0 Å². The van der Waals surface area contributed by atoms with Gasteiger partial charge in [-0.25, -0.2) is 14.8 Å². The second kappa shape index (κ2) is 24.7. The first-order chi connectivity index (χ1) is 38.9. The van der Waals surface area contributed by atoms with Gasteiger partial charge in [0, 0.05) is 43.3 Å². The maximum atomic E-state index is 13.7. The highest BCUT2D eigenvalue weighted by Gasteiger charge is 2.41. The topological polar surface area (TPSA) is 210 Å². The van der Waals surface area contributed by atoms with Crippen LogP contribution in [0.25, 0.3) is 22.5 Å². The number of carbonyl (C=O) groups is 1. The van der Waals surface area contributed by atoms with Crippen molar-refractivity contribution in [2.75, 3.05) is 83.7 Å². The van der Waals surface area contributed by atoms with E-state index in [4.69, 9.17) is 57.4 Å². The van der Waals surface area contributed by atoms with Gasteiger partial charge in [-0.2, -0.15) is 36.3 Å². The molecule has 4 N–H and O–H groups in total. The van der Waals surface area contributed by atoms with Crippen molar-refractivity contribution >= 4 is 63.9 Å². The van der Waals surface area contributed by atoms with Crippen LogP contribution in [0.1, 0.15) is 71.9 Å². The summed E-state index contributed by atoms with van der Waals surface area (Å²) >= 11 is 12.9. The lowest BCUT2D eigenvalue weighted by molar-refractivity contribution is -0.142. The molecule has 10 heterocycles. The van der Waals surface area contributed by atoms with Gasteiger partial charge in [0.15, 0.2) is 29.0 Å². The van der Waals surface area contributed by atoms with Crippen molar-refractivity contribution in [3.8, 4) is 34.3 Å². The van der Waals surface area contributed by atoms with Gasteiger partial charge < -0.3 is 49.3 Å². The van der Waals surface area contributed by atoms with Crippen molar-refractivity contribution in [1.82, 2.24) is 29.9 Å². The van der Waals surface area contributed by atoms with Gasteiger partial charge in [-0.1, -0.05) is 54.9 Å². The minimum absolute atomic E-state index is 0. The summed E-state index contributed by atoms with van der Waals surface area (Å²) in [5.74, 6) is 0.872. The molecule has 2 amide bonds. The van der Waals surface area contributed by atoms with Crippen LogP contribution in [-0.4, -0.2) is 124 Å². The Morgan fingerprint density at radius 2 is 1.27 bits per heavy atom. The zero-order valence-electron chi connectivity index (χ0n) is 44.9. The third-order valence-corrected chi connectivity index (χ3v) is 14.5. The van der Waals surface area contributed by atoms with Gasteiger partial charge in [-0.15, -0.1) is 0 Å². The largest absolute Gasteiger partial charge is 0.474 e. The lowest BCUT2D eigenvalue weighted by Gasteiger charge is -2.46. The average Bonchev–Trinajstić information content (AvgIpc) is 2.51. The highest BCUT2D eigenvalue weighted by Crippen LogP contribution is 2.44. The number of anilines is 6. The normalized spacial score (nSPS) is 20.9. The number of pyridine rings is 2. The van der Waals surface area contributed by atoms with E-state index in [1.54, 1.807) is 18.2 Å². The van der Waals surface area contributed by atoms with Crippen LogP contribution in [0.3, 0.4) is 0 Å². The number of amides is 2. The van der Waals surface area contributed by atoms with E-state index in [1.165, 1.54) is 47.9 Å². The third kappa shape index (κ3) is 14.7. The Hall–Kier alpha value is -7.03. The molecule has 4 aromatic heterocycles. The number of fused-ring (bicyclic) bond motifs is 8. The van der Waals surface area contributed by atoms with Crippen LogP contribution in [0.5, 0.6) is 11.8 Å². The first kappa shape index (κ1) is 60.6. The maximum absolute atomic E-state index is 13.7. The van der Waals surface area contributed by atoms with Crippen LogP contribution in [-0.2, 0) is 31.3 Å². The first-order valence-electron chi connectivity index (χ1n) is 26.4. The van der Waals surface area contributed by atoms with E-state index in [-0.39, 0.29) is 60.3 Å². The Labute approximate surface area is 485 Å². The van der Waals surface area contributed by atoms with Crippen LogP contribution >= 0.6 is 23.2 Å². The molecule has 0 unspecified atom stereocenters. The molecular weight excluding hydrogens is 1140 g/mol. The number of benzene rings is 2. The molecule has 6 aromatic rings. The van der Waals surface area contributed by atoms with Gasteiger partial charge >= 0.3 is 18.4 Å². The van der Waals surface area contributed by atoms with Gasteiger partial charge in [-0.05, 0) is 89.8 Å². The average molecular weight is 1200 g/mol. The van der Waals surface area contributed by atoms with Crippen LogP contribution in [0.4, 0.5) is 65.8 Å². The number of nitrogens with zero attached hydrogens (tertiary/aromatic N) is 9. The second-order valence-electron chi connectivity index (χ2n) is 21.0. The summed E-state index contributed by atoms with van der Waals surface area (Å²) in [7, 11) is 0. The molecule has 0 aliphatic carbocycles. The number of ether oxygens (including phenoxy) is 6. The van der Waals surface area contributed by atoms with Gasteiger partial charge in [0.25, 0.3) is 0 Å². The molecule has 6 aliphatic heterocycles. The molecule has 12 rings (SSSR count). The van der Waals surface area contributed by atoms with Crippen LogP contribution in [0, 0.1) is 0 Å². The summed E-state index contributed by atoms with van der Waals surface area (Å²) in [5, 5.41) is 6.70. The molecule has 4 atom stereocenters. The Morgan fingerprint density at radius 3 is 1.83 bits per heavy atom. The van der Waals surface area contributed by atoms with Gasteiger partial charge in [0.05, 0.1) is 88.0 Å². The first-order valence-corrected chi connectivity index (χ1v) is 27.1. The monoisotopic (exact) mass is 1200 g/mol. The lowest BCUT2D eigenvalue weighted by Crippen LogP contribution is -2.56. The van der Waals surface area contributed by atoms with Crippen LogP contribution < -0.4 is 40.5 Å². The van der Waals surface area contributed by atoms with Gasteiger partial charge in [0.2, 0.25) is 11.8 Å². The van der Waals surface area contributed by atoms with E-state index < -0.39 is 41.1 Å². The molecule has 4 fully saturated rings. The molecular formula is C56H62Cl2F6N12O7. The van der Waals surface area contributed by atoms with Crippen molar-refractivity contribution in [3.05, 3.63) is 107 Å². The summed E-state index contributed by atoms with van der Waals surface area (Å²) in [5.41, 5.74) is 6.59. The predicted octanol–water partition coefficient (Wildman–Crippen LogP) is 11.8. The van der Waals surface area contributed by atoms with Crippen molar-refractivity contribution in [3.63, 3.8) is 0 Å². The molecule has 83 heavy (non-hydrogen) atoms. The molecule has 4 saturated heterocycles. The molecule has 4 bridgehead atoms. The number of urea groups is 1. The number of nitrogens with one attached hydrogen (secondary N) is 2. The Morgan fingerprint density at radius 1 is 0.723 bits per heavy atom. The summed E-state index contributed by atoms with van der Waals surface area (Å²) < 4.78 is 112. The number of aromatic nitrogens is 6. The fourth-order valence-corrected chi connectivity index (χ4v) is 10.8. The van der Waals surface area contributed by atoms with E-state index in [0.29, 0.717) is 77.7 Å². The summed E-state index contributed by atoms with van der Waals surface area (Å²) in [6, 6.07) is 13.0. The number of piperidine rings is 2. The zero-order valence-corrected chi connectivity index (χ0v) is 46.4. The van der Waals surface area contributed by atoms with Gasteiger partial charge in [0.1, 0.15) is 31.2 Å². The smallest absolute Gasteiger partial charge is 0.416 e. The van der Waals surface area contributed by atoms with Crippen molar-refractivity contribution in [1.29, 1.82) is 0 Å².